The largest absolute Gasteiger partial charge is 0.493 e. The minimum absolute atomic E-state index is 0.106. The van der Waals surface area contributed by atoms with Crippen LogP contribution in [0.4, 0.5) is 23.2 Å². The molecule has 4 nitrogen and oxygen atoms in total. The molecule has 9 heteroatoms. The molecule has 0 atom stereocenters. The molecule has 0 aromatic heterocycles. The number of amides is 1. The Morgan fingerprint density at radius 2 is 1.74 bits per heavy atom. The van der Waals surface area contributed by atoms with E-state index in [1.54, 1.807) is 0 Å². The predicted octanol–water partition coefficient (Wildman–Crippen LogP) is 5.17. The standard InChI is InChI=1S/C18H14ClF4NO3/c1-26-15-8-13(20)14(9-16(15)27-2)24-17(25)6-4-10-3-5-12(19)11(7-10)18(21,22)23/h3-9H,1-2H3,(H,24,25). The van der Waals surface area contributed by atoms with Gasteiger partial charge in [-0.05, 0) is 23.8 Å². The highest BCUT2D eigenvalue weighted by atomic mass is 35.5. The third kappa shape index (κ3) is 5.13. The SMILES string of the molecule is COc1cc(F)c(NC(=O)C=Cc2ccc(Cl)c(C(F)(F)F)c2)cc1OC. The molecule has 2 aromatic carbocycles. The molecule has 27 heavy (non-hydrogen) atoms. The van der Waals surface area contributed by atoms with E-state index >= 15 is 0 Å². The summed E-state index contributed by atoms with van der Waals surface area (Å²) in [7, 11) is 2.68. The van der Waals surface area contributed by atoms with Crippen LogP contribution < -0.4 is 14.8 Å². The van der Waals surface area contributed by atoms with Gasteiger partial charge in [-0.3, -0.25) is 4.79 Å². The maximum absolute atomic E-state index is 14.0. The van der Waals surface area contributed by atoms with E-state index in [9.17, 15) is 22.4 Å². The Hall–Kier alpha value is -2.74. The van der Waals surface area contributed by atoms with Gasteiger partial charge in [0.25, 0.3) is 0 Å². The van der Waals surface area contributed by atoms with Crippen molar-refractivity contribution in [1.82, 2.24) is 0 Å². The van der Waals surface area contributed by atoms with Gasteiger partial charge in [0.1, 0.15) is 0 Å². The van der Waals surface area contributed by atoms with E-state index in [1.807, 2.05) is 0 Å². The van der Waals surface area contributed by atoms with Gasteiger partial charge in [-0.15, -0.1) is 0 Å². The minimum Gasteiger partial charge on any atom is -0.493 e. The lowest BCUT2D eigenvalue weighted by Crippen LogP contribution is -2.10. The maximum atomic E-state index is 14.0. The van der Waals surface area contributed by atoms with Gasteiger partial charge in [-0.1, -0.05) is 17.7 Å². The Labute approximate surface area is 157 Å². The molecule has 0 spiro atoms. The van der Waals surface area contributed by atoms with Crippen molar-refractivity contribution < 1.29 is 31.8 Å². The zero-order valence-corrected chi connectivity index (χ0v) is 14.9. The van der Waals surface area contributed by atoms with Crippen LogP contribution in [0.25, 0.3) is 6.08 Å². The van der Waals surface area contributed by atoms with Crippen molar-refractivity contribution in [2.45, 2.75) is 6.18 Å². The van der Waals surface area contributed by atoms with E-state index in [-0.39, 0.29) is 22.7 Å². The van der Waals surface area contributed by atoms with Gasteiger partial charge in [-0.25, -0.2) is 4.39 Å². The summed E-state index contributed by atoms with van der Waals surface area (Å²) in [6.07, 6.45) is -2.49. The second-order valence-electron chi connectivity index (χ2n) is 5.25. The summed E-state index contributed by atoms with van der Waals surface area (Å²) < 4.78 is 62.5. The van der Waals surface area contributed by atoms with Crippen LogP contribution in [0.15, 0.2) is 36.4 Å². The molecule has 0 aliphatic rings. The monoisotopic (exact) mass is 403 g/mol. The van der Waals surface area contributed by atoms with E-state index in [1.165, 1.54) is 26.4 Å². The summed E-state index contributed by atoms with van der Waals surface area (Å²) in [6, 6.07) is 5.47. The Balaban J connectivity index is 2.19. The average molecular weight is 404 g/mol. The first-order valence-corrected chi connectivity index (χ1v) is 7.81. The molecule has 1 amide bonds. The fourth-order valence-electron chi connectivity index (χ4n) is 2.16. The molecule has 0 bridgehead atoms. The summed E-state index contributed by atoms with van der Waals surface area (Å²) in [5.41, 5.74) is -1.08. The summed E-state index contributed by atoms with van der Waals surface area (Å²) >= 11 is 5.53. The minimum atomic E-state index is -4.62. The summed E-state index contributed by atoms with van der Waals surface area (Å²) in [6.45, 7) is 0. The number of hydrogen-bond acceptors (Lipinski definition) is 3. The molecule has 0 saturated heterocycles. The van der Waals surface area contributed by atoms with Crippen LogP contribution >= 0.6 is 11.6 Å². The summed E-state index contributed by atoms with van der Waals surface area (Å²) in [5, 5.41) is 1.83. The molecule has 0 aliphatic carbocycles. The maximum Gasteiger partial charge on any atom is 0.417 e. The van der Waals surface area contributed by atoms with Crippen molar-refractivity contribution in [1.29, 1.82) is 0 Å². The van der Waals surface area contributed by atoms with Gasteiger partial charge in [0.05, 0.1) is 30.5 Å². The van der Waals surface area contributed by atoms with Gasteiger partial charge in [0, 0.05) is 18.2 Å². The van der Waals surface area contributed by atoms with Crippen LogP contribution in [-0.4, -0.2) is 20.1 Å². The van der Waals surface area contributed by atoms with Crippen LogP contribution in [0.1, 0.15) is 11.1 Å². The first kappa shape index (κ1) is 20.6. The number of alkyl halides is 3. The van der Waals surface area contributed by atoms with E-state index in [2.05, 4.69) is 5.32 Å². The quantitative estimate of drug-likeness (QED) is 0.553. The van der Waals surface area contributed by atoms with Crippen molar-refractivity contribution in [3.05, 3.63) is 58.4 Å². The summed E-state index contributed by atoms with van der Waals surface area (Å²) in [4.78, 5) is 12.0. The number of nitrogens with one attached hydrogen (secondary N) is 1. The number of benzene rings is 2. The molecular formula is C18H14ClF4NO3. The highest BCUT2D eigenvalue weighted by Crippen LogP contribution is 2.35. The van der Waals surface area contributed by atoms with Gasteiger partial charge in [0.15, 0.2) is 17.3 Å². The fourth-order valence-corrected chi connectivity index (χ4v) is 2.38. The van der Waals surface area contributed by atoms with Crippen molar-refractivity contribution in [3.63, 3.8) is 0 Å². The van der Waals surface area contributed by atoms with Gasteiger partial charge in [-0.2, -0.15) is 13.2 Å². The fraction of sp³-hybridized carbons (Fsp3) is 0.167. The van der Waals surface area contributed by atoms with Gasteiger partial charge >= 0.3 is 6.18 Å². The van der Waals surface area contributed by atoms with E-state index in [0.717, 1.165) is 30.4 Å². The number of rotatable bonds is 5. The van der Waals surface area contributed by atoms with Crippen LogP contribution in [0.5, 0.6) is 11.5 Å². The van der Waals surface area contributed by atoms with Crippen molar-refractivity contribution in [2.24, 2.45) is 0 Å². The highest BCUT2D eigenvalue weighted by Gasteiger charge is 2.33. The smallest absolute Gasteiger partial charge is 0.417 e. The van der Waals surface area contributed by atoms with Crippen molar-refractivity contribution in [3.8, 4) is 11.5 Å². The average Bonchev–Trinajstić information content (AvgIpc) is 2.61. The molecule has 0 radical (unpaired) electrons. The predicted molar refractivity (Wildman–Crippen MR) is 93.6 cm³/mol. The van der Waals surface area contributed by atoms with Crippen molar-refractivity contribution in [2.75, 3.05) is 19.5 Å². The number of carbonyl (C=O) groups excluding carboxylic acids is 1. The Morgan fingerprint density at radius 3 is 2.33 bits per heavy atom. The number of halogens is 5. The first-order valence-electron chi connectivity index (χ1n) is 7.43. The van der Waals surface area contributed by atoms with Gasteiger partial charge in [0.2, 0.25) is 5.91 Å². The molecule has 1 N–H and O–H groups in total. The van der Waals surface area contributed by atoms with E-state index in [4.69, 9.17) is 21.1 Å². The number of hydrogen-bond donors (Lipinski definition) is 1. The first-order chi connectivity index (χ1) is 12.7. The van der Waals surface area contributed by atoms with E-state index in [0.29, 0.717) is 0 Å². The molecule has 144 valence electrons. The normalized spacial score (nSPS) is 11.5. The van der Waals surface area contributed by atoms with Crippen LogP contribution in [0.3, 0.4) is 0 Å². The summed E-state index contributed by atoms with van der Waals surface area (Å²) in [5.74, 6) is -1.17. The molecule has 0 saturated carbocycles. The van der Waals surface area contributed by atoms with Crippen molar-refractivity contribution >= 4 is 29.3 Å². The lowest BCUT2D eigenvalue weighted by Gasteiger charge is -2.11. The number of anilines is 1. The Kier molecular flexibility index (Phi) is 6.32. The lowest BCUT2D eigenvalue weighted by atomic mass is 10.1. The molecule has 0 aliphatic heterocycles. The Bertz CT molecular complexity index is 882. The molecular weight excluding hydrogens is 390 g/mol. The molecule has 2 rings (SSSR count). The number of methoxy groups -OCH3 is 2. The van der Waals surface area contributed by atoms with Crippen LogP contribution in [0.2, 0.25) is 5.02 Å². The van der Waals surface area contributed by atoms with Crippen LogP contribution in [-0.2, 0) is 11.0 Å². The second kappa shape index (κ2) is 8.30. The van der Waals surface area contributed by atoms with Crippen LogP contribution in [0, 0.1) is 5.82 Å². The Morgan fingerprint density at radius 1 is 1.11 bits per heavy atom. The third-order valence-electron chi connectivity index (χ3n) is 3.45. The van der Waals surface area contributed by atoms with Gasteiger partial charge < -0.3 is 14.8 Å². The molecule has 0 fully saturated rings. The lowest BCUT2D eigenvalue weighted by molar-refractivity contribution is -0.137. The number of ether oxygens (including phenoxy) is 2. The number of carbonyl (C=O) groups is 1. The highest BCUT2D eigenvalue weighted by molar-refractivity contribution is 6.31. The zero-order chi connectivity index (χ0) is 20.2. The topological polar surface area (TPSA) is 47.6 Å². The second-order valence-corrected chi connectivity index (χ2v) is 5.65. The molecule has 2 aromatic rings. The van der Waals surface area contributed by atoms with E-state index < -0.39 is 28.5 Å². The molecule has 0 unspecified atom stereocenters. The zero-order valence-electron chi connectivity index (χ0n) is 14.2. The third-order valence-corrected chi connectivity index (χ3v) is 3.78. The molecule has 0 heterocycles.